The molecule has 2 aromatic heterocycles. The lowest BCUT2D eigenvalue weighted by Gasteiger charge is -2.32. The molecular weight excluding hydrogens is 448 g/mol. The van der Waals surface area contributed by atoms with Crippen LogP contribution in [0.2, 0.25) is 10.0 Å². The molecular formula is C18H13Cl2F3N4OS. The molecule has 2 atom stereocenters. The molecule has 0 unspecified atom stereocenters. The number of hydrogen-bond donors (Lipinski definition) is 2. The first-order valence-electron chi connectivity index (χ1n) is 8.45. The molecule has 0 radical (unpaired) electrons. The zero-order chi connectivity index (χ0) is 20.8. The molecule has 3 aromatic rings. The molecule has 0 saturated heterocycles. The molecule has 0 aliphatic carbocycles. The molecule has 0 saturated carbocycles. The molecule has 1 aromatic carbocycles. The zero-order valence-electron chi connectivity index (χ0n) is 14.5. The highest BCUT2D eigenvalue weighted by Gasteiger charge is 2.47. The molecule has 3 heterocycles. The molecule has 5 nitrogen and oxygen atoms in total. The molecule has 1 amide bonds. The van der Waals surface area contributed by atoms with Gasteiger partial charge in [0.1, 0.15) is 5.82 Å². The Morgan fingerprint density at radius 2 is 2.07 bits per heavy atom. The van der Waals surface area contributed by atoms with Gasteiger partial charge in [0.05, 0.1) is 16.8 Å². The number of hydrogen-bond acceptors (Lipinski definition) is 4. The van der Waals surface area contributed by atoms with Crippen LogP contribution in [-0.2, 0) is 0 Å². The maximum absolute atomic E-state index is 13.7. The minimum absolute atomic E-state index is 0.129. The Kier molecular flexibility index (Phi) is 5.22. The van der Waals surface area contributed by atoms with Gasteiger partial charge >= 0.3 is 6.18 Å². The van der Waals surface area contributed by atoms with Crippen molar-refractivity contribution in [1.29, 1.82) is 0 Å². The second-order valence-corrected chi connectivity index (χ2v) is 8.27. The third-order valence-corrected chi connectivity index (χ3v) is 6.02. The van der Waals surface area contributed by atoms with Gasteiger partial charge in [-0.1, -0.05) is 29.3 Å². The minimum Gasteiger partial charge on any atom is -0.363 e. The van der Waals surface area contributed by atoms with Crippen molar-refractivity contribution in [3.63, 3.8) is 0 Å². The van der Waals surface area contributed by atoms with Gasteiger partial charge in [0.2, 0.25) is 0 Å². The van der Waals surface area contributed by atoms with Gasteiger partial charge in [0.15, 0.2) is 11.7 Å². The third-order valence-electron chi connectivity index (χ3n) is 4.49. The van der Waals surface area contributed by atoms with E-state index in [4.69, 9.17) is 23.2 Å². The summed E-state index contributed by atoms with van der Waals surface area (Å²) in [6.07, 6.45) is -4.73. The lowest BCUT2D eigenvalue weighted by molar-refractivity contribution is -0.173. The predicted molar refractivity (Wildman–Crippen MR) is 107 cm³/mol. The summed E-state index contributed by atoms with van der Waals surface area (Å²) in [6.45, 7) is 0. The zero-order valence-corrected chi connectivity index (χ0v) is 16.8. The molecule has 2 N–H and O–H groups in total. The molecule has 1 aliphatic rings. The number of carbonyl (C=O) groups excluding carboxylic acids is 1. The van der Waals surface area contributed by atoms with Crippen LogP contribution in [0.4, 0.5) is 24.7 Å². The van der Waals surface area contributed by atoms with Gasteiger partial charge in [-0.05, 0) is 29.6 Å². The normalized spacial score (nSPS) is 18.8. The van der Waals surface area contributed by atoms with Crippen LogP contribution in [0.5, 0.6) is 0 Å². The number of halogens is 5. The monoisotopic (exact) mass is 460 g/mol. The van der Waals surface area contributed by atoms with Gasteiger partial charge in [0.25, 0.3) is 5.91 Å². The molecule has 29 heavy (non-hydrogen) atoms. The first kappa shape index (κ1) is 20.1. The summed E-state index contributed by atoms with van der Waals surface area (Å²) in [4.78, 5) is 13.3. The number of alkyl halides is 3. The summed E-state index contributed by atoms with van der Waals surface area (Å²) in [5.74, 6) is -0.546. The maximum Gasteiger partial charge on any atom is 0.410 e. The van der Waals surface area contributed by atoms with E-state index < -0.39 is 24.2 Å². The Morgan fingerprint density at radius 1 is 1.28 bits per heavy atom. The molecule has 11 heteroatoms. The molecule has 4 rings (SSSR count). The van der Waals surface area contributed by atoms with Crippen LogP contribution in [0.1, 0.15) is 33.9 Å². The van der Waals surface area contributed by atoms with Crippen LogP contribution < -0.4 is 10.6 Å². The minimum atomic E-state index is -4.51. The number of fused-ring (bicyclic) bond motifs is 1. The SMILES string of the molecule is O=C(Nc1ccc(Cl)cc1Cl)c1cc2n(n1)[C@H](C(F)(F)F)C[C@@H](c1cccs1)N2. The van der Waals surface area contributed by atoms with Crippen LogP contribution in [0.25, 0.3) is 0 Å². The second-order valence-electron chi connectivity index (χ2n) is 6.44. The Labute approximate surface area is 177 Å². The van der Waals surface area contributed by atoms with Gasteiger partial charge in [0, 0.05) is 22.4 Å². The van der Waals surface area contributed by atoms with Gasteiger partial charge < -0.3 is 10.6 Å². The number of aromatic nitrogens is 2. The van der Waals surface area contributed by atoms with E-state index in [1.54, 1.807) is 17.5 Å². The smallest absolute Gasteiger partial charge is 0.363 e. The summed E-state index contributed by atoms with van der Waals surface area (Å²) >= 11 is 13.2. The molecule has 152 valence electrons. The van der Waals surface area contributed by atoms with Gasteiger partial charge in [-0.15, -0.1) is 11.3 Å². The molecule has 1 aliphatic heterocycles. The van der Waals surface area contributed by atoms with Crippen molar-refractivity contribution in [3.05, 3.63) is 62.4 Å². The molecule has 0 fully saturated rings. The van der Waals surface area contributed by atoms with E-state index in [1.807, 2.05) is 0 Å². The van der Waals surface area contributed by atoms with Crippen molar-refractivity contribution in [2.45, 2.75) is 24.7 Å². The average Bonchev–Trinajstić information content (AvgIpc) is 3.31. The number of rotatable bonds is 3. The Hall–Kier alpha value is -2.23. The fourth-order valence-electron chi connectivity index (χ4n) is 3.14. The highest BCUT2D eigenvalue weighted by Crippen LogP contribution is 2.44. The second kappa shape index (κ2) is 7.55. The number of amides is 1. The lowest BCUT2D eigenvalue weighted by Crippen LogP contribution is -2.35. The summed E-state index contributed by atoms with van der Waals surface area (Å²) in [5, 5.41) is 11.9. The lowest BCUT2D eigenvalue weighted by atomic mass is 10.0. The average molecular weight is 461 g/mol. The maximum atomic E-state index is 13.7. The van der Waals surface area contributed by atoms with E-state index in [0.29, 0.717) is 5.02 Å². The van der Waals surface area contributed by atoms with Crippen molar-refractivity contribution in [3.8, 4) is 0 Å². The predicted octanol–water partition coefficient (Wildman–Crippen LogP) is 6.16. The Morgan fingerprint density at radius 3 is 2.72 bits per heavy atom. The third kappa shape index (κ3) is 4.08. The Bertz CT molecular complexity index is 1050. The fourth-order valence-corrected chi connectivity index (χ4v) is 4.38. The van der Waals surface area contributed by atoms with E-state index in [-0.39, 0.29) is 28.6 Å². The number of anilines is 2. The number of benzene rings is 1. The summed E-state index contributed by atoms with van der Waals surface area (Å²) in [6, 6.07) is 6.99. The van der Waals surface area contributed by atoms with Crippen LogP contribution in [0, 0.1) is 0 Å². The van der Waals surface area contributed by atoms with Gasteiger partial charge in [-0.2, -0.15) is 18.3 Å². The van der Waals surface area contributed by atoms with Crippen molar-refractivity contribution in [1.82, 2.24) is 9.78 Å². The van der Waals surface area contributed by atoms with Crippen molar-refractivity contribution >= 4 is 52.0 Å². The quantitative estimate of drug-likeness (QED) is 0.491. The summed E-state index contributed by atoms with van der Waals surface area (Å²) in [5.41, 5.74) is 0.128. The standard InChI is InChI=1S/C18H13Cl2F3N4OS/c19-9-3-4-11(10(20)6-9)25-17(28)13-8-16-24-12(14-2-1-5-29-14)7-15(18(21,22)23)27(16)26-13/h1-6,8,12,15,24H,7H2,(H,25,28)/t12-,15-/m0/s1. The van der Waals surface area contributed by atoms with Crippen molar-refractivity contribution < 1.29 is 18.0 Å². The van der Waals surface area contributed by atoms with E-state index in [2.05, 4.69) is 15.7 Å². The Balaban J connectivity index is 1.64. The van der Waals surface area contributed by atoms with Crippen LogP contribution >= 0.6 is 34.5 Å². The van der Waals surface area contributed by atoms with Crippen LogP contribution in [0.15, 0.2) is 41.8 Å². The molecule has 0 bridgehead atoms. The van der Waals surface area contributed by atoms with Gasteiger partial charge in [-0.25, -0.2) is 4.68 Å². The van der Waals surface area contributed by atoms with E-state index in [0.717, 1.165) is 9.56 Å². The molecule has 0 spiro atoms. The van der Waals surface area contributed by atoms with Crippen molar-refractivity contribution in [2.24, 2.45) is 0 Å². The number of thiophene rings is 1. The summed E-state index contributed by atoms with van der Waals surface area (Å²) < 4.78 is 41.8. The van der Waals surface area contributed by atoms with E-state index in [1.165, 1.54) is 35.6 Å². The first-order valence-corrected chi connectivity index (χ1v) is 10.1. The highest BCUT2D eigenvalue weighted by atomic mass is 35.5. The van der Waals surface area contributed by atoms with Crippen molar-refractivity contribution in [2.75, 3.05) is 10.6 Å². The van der Waals surface area contributed by atoms with Crippen LogP contribution in [0.3, 0.4) is 0 Å². The fraction of sp³-hybridized carbons (Fsp3) is 0.222. The van der Waals surface area contributed by atoms with Gasteiger partial charge in [-0.3, -0.25) is 4.79 Å². The van der Waals surface area contributed by atoms with E-state index >= 15 is 0 Å². The highest BCUT2D eigenvalue weighted by molar-refractivity contribution is 7.10. The topological polar surface area (TPSA) is 59.0 Å². The first-order chi connectivity index (χ1) is 13.7. The number of nitrogens with zero attached hydrogens (tertiary/aromatic N) is 2. The number of carbonyl (C=O) groups is 1. The van der Waals surface area contributed by atoms with E-state index in [9.17, 15) is 18.0 Å². The van der Waals surface area contributed by atoms with Crippen LogP contribution in [-0.4, -0.2) is 21.9 Å². The largest absolute Gasteiger partial charge is 0.410 e. The number of nitrogens with one attached hydrogen (secondary N) is 2. The summed E-state index contributed by atoms with van der Waals surface area (Å²) in [7, 11) is 0.